The molecule has 1 aliphatic heterocycles. The van der Waals surface area contributed by atoms with Crippen molar-refractivity contribution in [2.24, 2.45) is 5.92 Å². The second-order valence-electron chi connectivity index (χ2n) is 7.05. The molecule has 0 aliphatic carbocycles. The van der Waals surface area contributed by atoms with Gasteiger partial charge < -0.3 is 9.30 Å². The number of aryl methyl sites for hydroxylation is 2. The summed E-state index contributed by atoms with van der Waals surface area (Å²) in [5.41, 5.74) is 2.27. The molecule has 26 heavy (non-hydrogen) atoms. The highest BCUT2D eigenvalue weighted by atomic mass is 16.5. The van der Waals surface area contributed by atoms with Crippen molar-refractivity contribution in [1.29, 1.82) is 0 Å². The van der Waals surface area contributed by atoms with Gasteiger partial charge in [0.2, 0.25) is 0 Å². The lowest BCUT2D eigenvalue weighted by molar-refractivity contribution is -0.122. The highest BCUT2D eigenvalue weighted by molar-refractivity contribution is 5.84. The van der Waals surface area contributed by atoms with Gasteiger partial charge in [0.05, 0.1) is 23.9 Å². The van der Waals surface area contributed by atoms with Crippen LogP contribution in [-0.4, -0.2) is 33.5 Å². The van der Waals surface area contributed by atoms with Gasteiger partial charge in [0.1, 0.15) is 0 Å². The van der Waals surface area contributed by atoms with E-state index in [0.717, 1.165) is 37.3 Å². The van der Waals surface area contributed by atoms with E-state index in [1.165, 1.54) is 6.07 Å². The Morgan fingerprint density at radius 1 is 1.23 bits per heavy atom. The lowest BCUT2D eigenvalue weighted by Gasteiger charge is -2.27. The van der Waals surface area contributed by atoms with Gasteiger partial charge in [-0.3, -0.25) is 19.6 Å². The van der Waals surface area contributed by atoms with Crippen molar-refractivity contribution in [3.63, 3.8) is 0 Å². The summed E-state index contributed by atoms with van der Waals surface area (Å²) in [6.45, 7) is 5.23. The highest BCUT2D eigenvalue weighted by Gasteiger charge is 2.27. The van der Waals surface area contributed by atoms with Gasteiger partial charge >= 0.3 is 0 Å². The van der Waals surface area contributed by atoms with E-state index in [4.69, 9.17) is 4.74 Å². The largest absolute Gasteiger partial charge is 0.381 e. The molecule has 0 spiro atoms. The maximum absolute atomic E-state index is 13.1. The average molecular weight is 355 g/mol. The Labute approximate surface area is 153 Å². The molecule has 3 heterocycles. The maximum Gasteiger partial charge on any atom is 0.251 e. The van der Waals surface area contributed by atoms with Crippen LogP contribution in [0.15, 0.2) is 35.5 Å². The molecule has 1 fully saturated rings. The Morgan fingerprint density at radius 3 is 2.69 bits per heavy atom. The summed E-state index contributed by atoms with van der Waals surface area (Å²) in [6.07, 6.45) is 7.77. The van der Waals surface area contributed by atoms with Gasteiger partial charge in [-0.1, -0.05) is 6.07 Å². The molecule has 1 aliphatic rings. The number of carbonyl (C=O) groups excluding carboxylic acids is 1. The molecular weight excluding hydrogens is 330 g/mol. The minimum absolute atomic E-state index is 0.00217. The standard InChI is InChI=1S/C20H25N3O3/c1-14-3-4-20(25)23(13-14)18(9-16-5-7-26-8-6-16)19(24)10-17-12-21-15(2)11-22-17/h3-4,11-13,16,18H,5-10H2,1-2H3/t18-/m0/s1. The van der Waals surface area contributed by atoms with Crippen molar-refractivity contribution in [2.75, 3.05) is 13.2 Å². The molecule has 6 nitrogen and oxygen atoms in total. The summed E-state index contributed by atoms with van der Waals surface area (Å²) in [7, 11) is 0. The molecule has 2 aromatic rings. The fourth-order valence-corrected chi connectivity index (χ4v) is 3.36. The number of carbonyl (C=O) groups is 1. The molecule has 0 radical (unpaired) electrons. The number of pyridine rings is 1. The average Bonchev–Trinajstić information content (AvgIpc) is 2.64. The van der Waals surface area contributed by atoms with E-state index in [-0.39, 0.29) is 17.8 Å². The van der Waals surface area contributed by atoms with Crippen LogP contribution >= 0.6 is 0 Å². The van der Waals surface area contributed by atoms with E-state index in [2.05, 4.69) is 9.97 Å². The van der Waals surface area contributed by atoms with E-state index < -0.39 is 6.04 Å². The monoisotopic (exact) mass is 355 g/mol. The molecule has 0 bridgehead atoms. The molecule has 6 heteroatoms. The van der Waals surface area contributed by atoms with E-state index in [1.54, 1.807) is 29.2 Å². The number of Topliss-reactive ketones (excluding diaryl/α,β-unsaturated/α-hetero) is 1. The Kier molecular flexibility index (Phi) is 5.93. The summed E-state index contributed by atoms with van der Waals surface area (Å²) >= 11 is 0. The first-order chi connectivity index (χ1) is 12.5. The quantitative estimate of drug-likeness (QED) is 0.796. The van der Waals surface area contributed by atoms with Crippen LogP contribution in [-0.2, 0) is 16.0 Å². The van der Waals surface area contributed by atoms with Crippen LogP contribution in [0.2, 0.25) is 0 Å². The number of hydrogen-bond donors (Lipinski definition) is 0. The van der Waals surface area contributed by atoms with Gasteiger partial charge in [0.25, 0.3) is 5.56 Å². The first-order valence-electron chi connectivity index (χ1n) is 9.09. The first-order valence-corrected chi connectivity index (χ1v) is 9.09. The number of nitrogens with zero attached hydrogens (tertiary/aromatic N) is 3. The van der Waals surface area contributed by atoms with Crippen molar-refractivity contribution in [2.45, 2.75) is 45.6 Å². The van der Waals surface area contributed by atoms with Gasteiger partial charge in [-0.25, -0.2) is 0 Å². The molecular formula is C20H25N3O3. The third-order valence-corrected chi connectivity index (χ3v) is 4.88. The predicted molar refractivity (Wildman–Crippen MR) is 98.1 cm³/mol. The predicted octanol–water partition coefficient (Wildman–Crippen LogP) is 2.42. The zero-order valence-corrected chi connectivity index (χ0v) is 15.4. The number of aromatic nitrogens is 3. The zero-order chi connectivity index (χ0) is 18.5. The fourth-order valence-electron chi connectivity index (χ4n) is 3.36. The van der Waals surface area contributed by atoms with Crippen LogP contribution in [0, 0.1) is 19.8 Å². The number of ether oxygens (including phenoxy) is 1. The Balaban J connectivity index is 1.85. The molecule has 138 valence electrons. The van der Waals surface area contributed by atoms with Gasteiger partial charge in [-0.2, -0.15) is 0 Å². The molecule has 0 unspecified atom stereocenters. The normalized spacial score (nSPS) is 16.4. The van der Waals surface area contributed by atoms with Crippen molar-refractivity contribution < 1.29 is 9.53 Å². The third kappa shape index (κ3) is 4.64. The minimum Gasteiger partial charge on any atom is -0.381 e. The second kappa shape index (κ2) is 8.36. The van der Waals surface area contributed by atoms with Crippen molar-refractivity contribution in [3.05, 3.63) is 58.0 Å². The molecule has 2 aromatic heterocycles. The molecule has 0 amide bonds. The smallest absolute Gasteiger partial charge is 0.251 e. The van der Waals surface area contributed by atoms with Gasteiger partial charge in [-0.05, 0) is 44.6 Å². The van der Waals surface area contributed by atoms with Crippen LogP contribution in [0.3, 0.4) is 0 Å². The van der Waals surface area contributed by atoms with Crippen LogP contribution in [0.4, 0.5) is 0 Å². The maximum atomic E-state index is 13.1. The molecule has 1 atom stereocenters. The van der Waals surface area contributed by atoms with Crippen LogP contribution < -0.4 is 5.56 Å². The molecule has 3 rings (SSSR count). The van der Waals surface area contributed by atoms with E-state index in [0.29, 0.717) is 18.0 Å². The second-order valence-corrected chi connectivity index (χ2v) is 7.05. The van der Waals surface area contributed by atoms with Crippen LogP contribution in [0.5, 0.6) is 0 Å². The van der Waals surface area contributed by atoms with Crippen molar-refractivity contribution >= 4 is 5.78 Å². The van der Waals surface area contributed by atoms with E-state index in [1.807, 2.05) is 13.8 Å². The topological polar surface area (TPSA) is 74.1 Å². The summed E-state index contributed by atoms with van der Waals surface area (Å²) in [6, 6.07) is 2.83. The van der Waals surface area contributed by atoms with Crippen molar-refractivity contribution in [3.8, 4) is 0 Å². The Hall–Kier alpha value is -2.34. The van der Waals surface area contributed by atoms with Crippen molar-refractivity contribution in [1.82, 2.24) is 14.5 Å². The first kappa shape index (κ1) is 18.5. The van der Waals surface area contributed by atoms with Gasteiger partial charge in [0.15, 0.2) is 5.78 Å². The lowest BCUT2D eigenvalue weighted by Crippen LogP contribution is -2.33. The van der Waals surface area contributed by atoms with Crippen LogP contribution in [0.25, 0.3) is 0 Å². The Morgan fingerprint density at radius 2 is 2.00 bits per heavy atom. The molecule has 1 saturated heterocycles. The summed E-state index contributed by atoms with van der Waals surface area (Å²) in [5, 5.41) is 0. The molecule has 0 N–H and O–H groups in total. The number of rotatable bonds is 6. The lowest BCUT2D eigenvalue weighted by atomic mass is 9.89. The minimum atomic E-state index is -0.478. The SMILES string of the molecule is Cc1ccc(=O)n([C@@H](CC2CCOCC2)C(=O)Cc2cnc(C)cn2)c1. The number of ketones is 1. The van der Waals surface area contributed by atoms with Gasteiger partial charge in [-0.15, -0.1) is 0 Å². The zero-order valence-electron chi connectivity index (χ0n) is 15.4. The Bertz CT molecular complexity index is 808. The summed E-state index contributed by atoms with van der Waals surface area (Å²) in [5.74, 6) is 0.386. The number of hydrogen-bond acceptors (Lipinski definition) is 5. The van der Waals surface area contributed by atoms with E-state index >= 15 is 0 Å². The highest BCUT2D eigenvalue weighted by Crippen LogP contribution is 2.26. The van der Waals surface area contributed by atoms with Crippen LogP contribution in [0.1, 0.15) is 42.3 Å². The molecule has 0 saturated carbocycles. The third-order valence-electron chi connectivity index (χ3n) is 4.88. The molecule has 0 aromatic carbocycles. The summed E-state index contributed by atoms with van der Waals surface area (Å²) < 4.78 is 7.02. The van der Waals surface area contributed by atoms with Gasteiger partial charge in [0, 0.05) is 37.9 Å². The summed E-state index contributed by atoms with van der Waals surface area (Å²) in [4.78, 5) is 34.0. The fraction of sp³-hybridized carbons (Fsp3) is 0.500. The van der Waals surface area contributed by atoms with E-state index in [9.17, 15) is 9.59 Å².